The number of nitrogens with zero attached hydrogens (tertiary/aromatic N) is 5. The molecule has 0 spiro atoms. The minimum Gasteiger partial charge on any atom is -0.349 e. The van der Waals surface area contributed by atoms with Gasteiger partial charge in [-0.1, -0.05) is 13.8 Å². The Morgan fingerprint density at radius 1 is 1.26 bits per heavy atom. The van der Waals surface area contributed by atoms with Crippen LogP contribution in [0.15, 0.2) is 18.3 Å². The molecule has 23 heavy (non-hydrogen) atoms. The Bertz CT molecular complexity index is 641. The van der Waals surface area contributed by atoms with Gasteiger partial charge in [-0.15, -0.1) is 0 Å². The number of aromatic nitrogens is 4. The molecular weight excluding hydrogens is 292 g/mol. The Hall–Kier alpha value is -2.15. The fourth-order valence-electron chi connectivity index (χ4n) is 2.47. The third-order valence-corrected chi connectivity index (χ3v) is 3.86. The quantitative estimate of drug-likeness (QED) is 0.796. The van der Waals surface area contributed by atoms with E-state index in [1.807, 2.05) is 24.6 Å². The molecule has 126 valence electrons. The van der Waals surface area contributed by atoms with Crippen molar-refractivity contribution in [2.24, 2.45) is 0 Å². The Kier molecular flexibility index (Phi) is 5.92. The summed E-state index contributed by atoms with van der Waals surface area (Å²) in [5, 5.41) is 11.6. The molecule has 0 fully saturated rings. The van der Waals surface area contributed by atoms with E-state index in [-0.39, 0.29) is 5.91 Å². The van der Waals surface area contributed by atoms with Crippen LogP contribution in [0.4, 0.5) is 0 Å². The molecule has 7 heteroatoms. The summed E-state index contributed by atoms with van der Waals surface area (Å²) in [5.74, 6) is -0.135. The third-order valence-electron chi connectivity index (χ3n) is 3.86. The van der Waals surface area contributed by atoms with Crippen LogP contribution in [-0.4, -0.2) is 56.5 Å². The number of nitrogens with one attached hydrogen (secondary N) is 1. The second kappa shape index (κ2) is 7.92. The van der Waals surface area contributed by atoms with Crippen LogP contribution in [0.3, 0.4) is 0 Å². The second-order valence-corrected chi connectivity index (χ2v) is 5.59. The van der Waals surface area contributed by atoms with Crippen molar-refractivity contribution in [3.05, 3.63) is 35.4 Å². The molecule has 2 aromatic heterocycles. The first-order valence-electron chi connectivity index (χ1n) is 8.08. The van der Waals surface area contributed by atoms with Crippen LogP contribution in [0, 0.1) is 13.8 Å². The summed E-state index contributed by atoms with van der Waals surface area (Å²) in [4.78, 5) is 14.4. The monoisotopic (exact) mass is 318 g/mol. The van der Waals surface area contributed by atoms with Crippen LogP contribution in [-0.2, 0) is 6.67 Å². The first-order valence-corrected chi connectivity index (χ1v) is 8.08. The van der Waals surface area contributed by atoms with Crippen LogP contribution in [0.5, 0.6) is 0 Å². The average Bonchev–Trinajstić information content (AvgIpc) is 3.11. The molecule has 0 aliphatic heterocycles. The van der Waals surface area contributed by atoms with Crippen LogP contribution in [0.2, 0.25) is 0 Å². The van der Waals surface area contributed by atoms with E-state index in [9.17, 15) is 4.79 Å². The van der Waals surface area contributed by atoms with Crippen molar-refractivity contribution in [3.8, 4) is 0 Å². The lowest BCUT2D eigenvalue weighted by Crippen LogP contribution is -2.35. The van der Waals surface area contributed by atoms with Crippen molar-refractivity contribution in [3.63, 3.8) is 0 Å². The lowest BCUT2D eigenvalue weighted by atomic mass is 10.4. The van der Waals surface area contributed by atoms with Crippen molar-refractivity contribution in [2.75, 3.05) is 26.2 Å². The molecule has 2 rings (SSSR count). The highest BCUT2D eigenvalue weighted by molar-refractivity contribution is 5.92. The maximum absolute atomic E-state index is 12.1. The highest BCUT2D eigenvalue weighted by atomic mass is 16.1. The molecule has 0 radical (unpaired) electrons. The zero-order valence-electron chi connectivity index (χ0n) is 14.4. The molecule has 0 saturated heterocycles. The summed E-state index contributed by atoms with van der Waals surface area (Å²) in [7, 11) is 0. The van der Waals surface area contributed by atoms with E-state index in [4.69, 9.17) is 0 Å². The molecule has 0 unspecified atom stereocenters. The molecule has 0 atom stereocenters. The zero-order valence-corrected chi connectivity index (χ0v) is 14.4. The van der Waals surface area contributed by atoms with Gasteiger partial charge < -0.3 is 10.2 Å². The van der Waals surface area contributed by atoms with Crippen LogP contribution in [0.25, 0.3) is 0 Å². The Labute approximate surface area is 137 Å². The van der Waals surface area contributed by atoms with E-state index in [0.717, 1.165) is 31.0 Å². The molecule has 7 nitrogen and oxygen atoms in total. The van der Waals surface area contributed by atoms with Gasteiger partial charge in [-0.05, 0) is 39.1 Å². The molecule has 1 N–H and O–H groups in total. The van der Waals surface area contributed by atoms with Gasteiger partial charge in [0.1, 0.15) is 12.4 Å². The van der Waals surface area contributed by atoms with Gasteiger partial charge in [0, 0.05) is 25.0 Å². The first-order chi connectivity index (χ1) is 11.0. The average molecular weight is 318 g/mol. The van der Waals surface area contributed by atoms with E-state index >= 15 is 0 Å². The molecule has 0 saturated carbocycles. The van der Waals surface area contributed by atoms with E-state index < -0.39 is 0 Å². The summed E-state index contributed by atoms with van der Waals surface area (Å²) >= 11 is 0. The predicted molar refractivity (Wildman–Crippen MR) is 89.4 cm³/mol. The second-order valence-electron chi connectivity index (χ2n) is 5.59. The van der Waals surface area contributed by atoms with Gasteiger partial charge in [0.15, 0.2) is 0 Å². The summed E-state index contributed by atoms with van der Waals surface area (Å²) in [6, 6.07) is 3.75. The zero-order chi connectivity index (χ0) is 16.8. The molecule has 0 aromatic carbocycles. The van der Waals surface area contributed by atoms with Crippen LogP contribution < -0.4 is 5.32 Å². The summed E-state index contributed by atoms with van der Waals surface area (Å²) in [6.07, 6.45) is 1.80. The van der Waals surface area contributed by atoms with Crippen LogP contribution >= 0.6 is 0 Å². The van der Waals surface area contributed by atoms with Gasteiger partial charge in [0.25, 0.3) is 5.91 Å². The van der Waals surface area contributed by atoms with Crippen molar-refractivity contribution in [1.82, 2.24) is 29.8 Å². The summed E-state index contributed by atoms with van der Waals surface area (Å²) in [6.45, 7) is 12.2. The maximum atomic E-state index is 12.1. The van der Waals surface area contributed by atoms with Gasteiger partial charge >= 0.3 is 0 Å². The Morgan fingerprint density at radius 2 is 2.00 bits per heavy atom. The maximum Gasteiger partial charge on any atom is 0.271 e. The van der Waals surface area contributed by atoms with Crippen LogP contribution in [0.1, 0.15) is 35.7 Å². The van der Waals surface area contributed by atoms with E-state index in [2.05, 4.69) is 34.3 Å². The summed E-state index contributed by atoms with van der Waals surface area (Å²) < 4.78 is 3.59. The molecule has 0 bridgehead atoms. The molecular formula is C16H26N6O. The number of carbonyl (C=O) groups excluding carboxylic acids is 1. The van der Waals surface area contributed by atoms with E-state index in [0.29, 0.717) is 18.9 Å². The number of hydrogen-bond donors (Lipinski definition) is 1. The molecule has 2 heterocycles. The lowest BCUT2D eigenvalue weighted by molar-refractivity contribution is 0.0943. The number of rotatable bonds is 8. The first kappa shape index (κ1) is 17.2. The topological polar surface area (TPSA) is 68.0 Å². The predicted octanol–water partition coefficient (Wildman–Crippen LogP) is 1.27. The molecule has 1 amide bonds. The van der Waals surface area contributed by atoms with Gasteiger partial charge in [-0.25, -0.2) is 4.68 Å². The lowest BCUT2D eigenvalue weighted by Gasteiger charge is -2.17. The SMILES string of the molecule is CCN(CC)CCNC(=O)c1ccn(Cn2nc(C)cc2C)n1. The largest absolute Gasteiger partial charge is 0.349 e. The van der Waals surface area contributed by atoms with Gasteiger partial charge in [-0.2, -0.15) is 10.2 Å². The number of carbonyl (C=O) groups is 1. The third kappa shape index (κ3) is 4.66. The Morgan fingerprint density at radius 3 is 2.61 bits per heavy atom. The van der Waals surface area contributed by atoms with Crippen molar-refractivity contribution >= 4 is 5.91 Å². The van der Waals surface area contributed by atoms with Gasteiger partial charge in [-0.3, -0.25) is 9.48 Å². The number of hydrogen-bond acceptors (Lipinski definition) is 4. The molecule has 0 aliphatic carbocycles. The van der Waals surface area contributed by atoms with Gasteiger partial charge in [0.05, 0.1) is 5.69 Å². The minimum atomic E-state index is -0.135. The Balaban J connectivity index is 1.88. The molecule has 0 aliphatic rings. The minimum absolute atomic E-state index is 0.135. The summed E-state index contributed by atoms with van der Waals surface area (Å²) in [5.41, 5.74) is 2.48. The van der Waals surface area contributed by atoms with E-state index in [1.54, 1.807) is 16.9 Å². The van der Waals surface area contributed by atoms with Crippen molar-refractivity contribution in [1.29, 1.82) is 0 Å². The number of aryl methyl sites for hydroxylation is 2. The standard InChI is InChI=1S/C16H26N6O/c1-5-20(6-2)10-8-17-16(23)15-7-9-21(19-15)12-22-14(4)11-13(3)18-22/h7,9,11H,5-6,8,10,12H2,1-4H3,(H,17,23). The fraction of sp³-hybridized carbons (Fsp3) is 0.562. The highest BCUT2D eigenvalue weighted by Gasteiger charge is 2.10. The van der Waals surface area contributed by atoms with Gasteiger partial charge in [0.2, 0.25) is 0 Å². The van der Waals surface area contributed by atoms with E-state index in [1.165, 1.54) is 0 Å². The number of likely N-dealkylation sites (N-methyl/N-ethyl adjacent to an activating group) is 1. The highest BCUT2D eigenvalue weighted by Crippen LogP contribution is 2.03. The molecule has 2 aromatic rings. The normalized spacial score (nSPS) is 11.2. The number of amides is 1. The smallest absolute Gasteiger partial charge is 0.271 e. The fourth-order valence-corrected chi connectivity index (χ4v) is 2.47. The van der Waals surface area contributed by atoms with Crippen molar-refractivity contribution in [2.45, 2.75) is 34.4 Å². The van der Waals surface area contributed by atoms with Crippen molar-refractivity contribution < 1.29 is 4.79 Å².